The zero-order chi connectivity index (χ0) is 16.1. The third-order valence-corrected chi connectivity index (χ3v) is 3.61. The summed E-state index contributed by atoms with van der Waals surface area (Å²) in [5.74, 6) is 0.866. The van der Waals surface area contributed by atoms with Crippen molar-refractivity contribution in [2.45, 2.75) is 20.0 Å². The number of nitrogens with two attached hydrogens (primary N) is 1. The average molecular weight is 308 g/mol. The lowest BCUT2D eigenvalue weighted by molar-refractivity contribution is 0.290. The molecule has 1 aromatic heterocycles. The molecule has 5 heteroatoms. The molecule has 2 N–H and O–H groups in total. The molecular formula is C18H20N4O. The van der Waals surface area contributed by atoms with Crippen LogP contribution in [0.1, 0.15) is 11.3 Å². The molecule has 3 rings (SSSR count). The molecule has 0 amide bonds. The lowest BCUT2D eigenvalue weighted by Gasteiger charge is -2.10. The van der Waals surface area contributed by atoms with E-state index >= 15 is 0 Å². The molecule has 0 aliphatic heterocycles. The minimum atomic E-state index is 0.364. The fourth-order valence-electron chi connectivity index (χ4n) is 2.51. The van der Waals surface area contributed by atoms with Crippen molar-refractivity contribution < 1.29 is 4.74 Å². The highest BCUT2D eigenvalue weighted by Gasteiger charge is 2.13. The third-order valence-electron chi connectivity index (χ3n) is 3.61. The molecular weight excluding hydrogens is 288 g/mol. The number of benzene rings is 2. The van der Waals surface area contributed by atoms with Gasteiger partial charge >= 0.3 is 0 Å². The number of aryl methyl sites for hydroxylation is 1. The first-order valence-corrected chi connectivity index (χ1v) is 7.65. The second kappa shape index (κ2) is 7.07. The molecule has 118 valence electrons. The second-order valence-electron chi connectivity index (χ2n) is 5.34. The van der Waals surface area contributed by atoms with E-state index in [4.69, 9.17) is 10.5 Å². The summed E-state index contributed by atoms with van der Waals surface area (Å²) < 4.78 is 7.66. The van der Waals surface area contributed by atoms with Gasteiger partial charge in [0.1, 0.15) is 18.1 Å². The molecule has 0 saturated heterocycles. The first-order chi connectivity index (χ1) is 11.3. The third kappa shape index (κ3) is 3.57. The van der Waals surface area contributed by atoms with Crippen LogP contribution in [-0.2, 0) is 13.1 Å². The van der Waals surface area contributed by atoms with E-state index in [2.05, 4.69) is 10.3 Å². The molecule has 0 unspecified atom stereocenters. The predicted octanol–water partition coefficient (Wildman–Crippen LogP) is 2.79. The van der Waals surface area contributed by atoms with Crippen molar-refractivity contribution in [2.75, 3.05) is 6.61 Å². The van der Waals surface area contributed by atoms with Gasteiger partial charge in [-0.1, -0.05) is 47.7 Å². The maximum atomic E-state index is 5.80. The van der Waals surface area contributed by atoms with Gasteiger partial charge in [-0.25, -0.2) is 4.68 Å². The Hall–Kier alpha value is -2.66. The van der Waals surface area contributed by atoms with Crippen LogP contribution in [-0.4, -0.2) is 21.6 Å². The molecule has 0 aliphatic rings. The molecule has 3 aromatic rings. The Bertz CT molecular complexity index is 768. The zero-order valence-corrected chi connectivity index (χ0v) is 13.1. The van der Waals surface area contributed by atoms with Gasteiger partial charge < -0.3 is 10.5 Å². The zero-order valence-electron chi connectivity index (χ0n) is 13.1. The van der Waals surface area contributed by atoms with Crippen LogP contribution in [0.2, 0.25) is 0 Å². The Labute approximate surface area is 135 Å². The Kier molecular flexibility index (Phi) is 4.68. The summed E-state index contributed by atoms with van der Waals surface area (Å²) in [6.45, 7) is 3.55. The van der Waals surface area contributed by atoms with Crippen LogP contribution in [0.4, 0.5) is 0 Å². The monoisotopic (exact) mass is 308 g/mol. The smallest absolute Gasteiger partial charge is 0.119 e. The molecule has 0 aliphatic carbocycles. The standard InChI is InChI=1S/C18H20N4O/c1-14-6-5-9-16(12-14)23-11-10-22-18(17(13-19)20-21-22)15-7-3-2-4-8-15/h2-9,12H,10-11,13,19H2,1H3. The summed E-state index contributed by atoms with van der Waals surface area (Å²) in [7, 11) is 0. The maximum Gasteiger partial charge on any atom is 0.119 e. The molecule has 1 heterocycles. The van der Waals surface area contributed by atoms with E-state index in [-0.39, 0.29) is 0 Å². The SMILES string of the molecule is Cc1cccc(OCCn2nnc(CN)c2-c2ccccc2)c1. The van der Waals surface area contributed by atoms with E-state index in [1.807, 2.05) is 66.2 Å². The number of hydrogen-bond donors (Lipinski definition) is 1. The van der Waals surface area contributed by atoms with Gasteiger partial charge in [0.2, 0.25) is 0 Å². The molecule has 0 radical (unpaired) electrons. The van der Waals surface area contributed by atoms with Crippen LogP contribution in [0.3, 0.4) is 0 Å². The summed E-state index contributed by atoms with van der Waals surface area (Å²) in [6, 6.07) is 18.1. The van der Waals surface area contributed by atoms with Gasteiger partial charge in [0.15, 0.2) is 0 Å². The number of hydrogen-bond acceptors (Lipinski definition) is 4. The number of aromatic nitrogens is 3. The van der Waals surface area contributed by atoms with Gasteiger partial charge in [0.05, 0.1) is 12.2 Å². The highest BCUT2D eigenvalue weighted by atomic mass is 16.5. The first kappa shape index (κ1) is 15.2. The van der Waals surface area contributed by atoms with Crippen molar-refractivity contribution in [2.24, 2.45) is 5.73 Å². The average Bonchev–Trinajstić information content (AvgIpc) is 2.99. The Morgan fingerprint density at radius 1 is 1.09 bits per heavy atom. The van der Waals surface area contributed by atoms with E-state index in [0.717, 1.165) is 22.7 Å². The van der Waals surface area contributed by atoms with Crippen LogP contribution >= 0.6 is 0 Å². The highest BCUT2D eigenvalue weighted by molar-refractivity contribution is 5.61. The molecule has 0 bridgehead atoms. The van der Waals surface area contributed by atoms with Crippen molar-refractivity contribution in [3.63, 3.8) is 0 Å². The summed E-state index contributed by atoms with van der Waals surface area (Å²) in [4.78, 5) is 0. The van der Waals surface area contributed by atoms with Crippen LogP contribution in [0.5, 0.6) is 5.75 Å². The lowest BCUT2D eigenvalue weighted by Crippen LogP contribution is -2.11. The van der Waals surface area contributed by atoms with Gasteiger partial charge in [0.25, 0.3) is 0 Å². The predicted molar refractivity (Wildman–Crippen MR) is 90.0 cm³/mol. The van der Waals surface area contributed by atoms with E-state index in [1.165, 1.54) is 5.56 Å². The Morgan fingerprint density at radius 3 is 2.65 bits per heavy atom. The number of rotatable bonds is 6. The van der Waals surface area contributed by atoms with Crippen molar-refractivity contribution in [3.8, 4) is 17.0 Å². The quantitative estimate of drug-likeness (QED) is 0.760. The molecule has 2 aromatic carbocycles. The minimum Gasteiger partial charge on any atom is -0.492 e. The molecule has 0 fully saturated rings. The lowest BCUT2D eigenvalue weighted by atomic mass is 10.1. The summed E-state index contributed by atoms with van der Waals surface area (Å²) in [5, 5.41) is 8.40. The molecule has 5 nitrogen and oxygen atoms in total. The highest BCUT2D eigenvalue weighted by Crippen LogP contribution is 2.21. The number of ether oxygens (including phenoxy) is 1. The van der Waals surface area contributed by atoms with Crippen molar-refractivity contribution >= 4 is 0 Å². The second-order valence-corrected chi connectivity index (χ2v) is 5.34. The van der Waals surface area contributed by atoms with Gasteiger partial charge in [-0.05, 0) is 24.6 Å². The fourth-order valence-corrected chi connectivity index (χ4v) is 2.51. The fraction of sp³-hybridized carbons (Fsp3) is 0.222. The van der Waals surface area contributed by atoms with Crippen molar-refractivity contribution in [1.29, 1.82) is 0 Å². The topological polar surface area (TPSA) is 66.0 Å². The normalized spacial score (nSPS) is 10.7. The van der Waals surface area contributed by atoms with E-state index in [0.29, 0.717) is 19.7 Å². The van der Waals surface area contributed by atoms with Gasteiger partial charge in [-0.15, -0.1) is 5.10 Å². The Morgan fingerprint density at radius 2 is 1.91 bits per heavy atom. The molecule has 0 atom stereocenters. The van der Waals surface area contributed by atoms with Crippen LogP contribution in [0.15, 0.2) is 54.6 Å². The maximum absolute atomic E-state index is 5.80. The van der Waals surface area contributed by atoms with Gasteiger partial charge in [0, 0.05) is 12.1 Å². The largest absolute Gasteiger partial charge is 0.492 e. The van der Waals surface area contributed by atoms with E-state index in [9.17, 15) is 0 Å². The van der Waals surface area contributed by atoms with Crippen LogP contribution in [0, 0.1) is 6.92 Å². The van der Waals surface area contributed by atoms with Crippen LogP contribution < -0.4 is 10.5 Å². The van der Waals surface area contributed by atoms with E-state index in [1.54, 1.807) is 0 Å². The first-order valence-electron chi connectivity index (χ1n) is 7.65. The summed E-state index contributed by atoms with van der Waals surface area (Å²) >= 11 is 0. The molecule has 0 spiro atoms. The molecule has 0 saturated carbocycles. The summed E-state index contributed by atoms with van der Waals surface area (Å²) in [6.07, 6.45) is 0. The van der Waals surface area contributed by atoms with Crippen LogP contribution in [0.25, 0.3) is 11.3 Å². The van der Waals surface area contributed by atoms with Gasteiger partial charge in [-0.2, -0.15) is 0 Å². The number of nitrogens with zero attached hydrogens (tertiary/aromatic N) is 3. The summed E-state index contributed by atoms with van der Waals surface area (Å²) in [5.41, 5.74) is 9.79. The molecule has 23 heavy (non-hydrogen) atoms. The van der Waals surface area contributed by atoms with Crippen molar-refractivity contribution in [3.05, 3.63) is 65.9 Å². The van der Waals surface area contributed by atoms with E-state index < -0.39 is 0 Å². The minimum absolute atomic E-state index is 0.364. The van der Waals surface area contributed by atoms with Gasteiger partial charge in [-0.3, -0.25) is 0 Å². The Balaban J connectivity index is 1.74. The van der Waals surface area contributed by atoms with Crippen molar-refractivity contribution in [1.82, 2.24) is 15.0 Å².